The number of hydrogen-bond acceptors (Lipinski definition) is 4. The lowest BCUT2D eigenvalue weighted by Crippen LogP contribution is -2.17. The van der Waals surface area contributed by atoms with Crippen LogP contribution < -0.4 is 0 Å². The maximum atomic E-state index is 9.00. The molecule has 12 heavy (non-hydrogen) atoms. The monoisotopic (exact) mass is 194 g/mol. The minimum atomic E-state index is -0.833. The van der Waals surface area contributed by atoms with Gasteiger partial charge in [-0.05, 0) is 19.1 Å². The molecule has 0 radical (unpaired) electrons. The maximum Gasteiger partial charge on any atom is 0.300 e. The van der Waals surface area contributed by atoms with E-state index in [-0.39, 0.29) is 6.10 Å². The number of methoxy groups -OCH3 is 2. The first-order valence-corrected chi connectivity index (χ1v) is 3.66. The molecule has 0 saturated carbocycles. The Hall–Kier alpha value is -0.680. The molecular formula is C7H14O4S. The molecule has 0 aliphatic rings. The molecule has 0 aliphatic heterocycles. The van der Waals surface area contributed by atoms with Gasteiger partial charge in [0.1, 0.15) is 6.10 Å². The van der Waals surface area contributed by atoms with Gasteiger partial charge in [-0.1, -0.05) is 0 Å². The number of carboxylic acids is 1. The lowest BCUT2D eigenvalue weighted by atomic mass is 10.4. The number of hydrogen-bond donors (Lipinski definition) is 1. The van der Waals surface area contributed by atoms with Gasteiger partial charge in [0, 0.05) is 14.0 Å². The Labute approximate surface area is 77.5 Å². The fraction of sp³-hybridized carbons (Fsp3) is 0.714. The van der Waals surface area contributed by atoms with E-state index in [9.17, 15) is 0 Å². The van der Waals surface area contributed by atoms with Crippen LogP contribution in [-0.2, 0) is 14.3 Å². The van der Waals surface area contributed by atoms with Crippen molar-refractivity contribution in [2.75, 3.05) is 14.2 Å². The van der Waals surface area contributed by atoms with E-state index in [0.29, 0.717) is 5.05 Å². The minimum absolute atomic E-state index is 0.0741. The zero-order valence-corrected chi connectivity index (χ0v) is 8.47. The molecule has 72 valence electrons. The lowest BCUT2D eigenvalue weighted by Gasteiger charge is -2.07. The highest BCUT2D eigenvalue weighted by Crippen LogP contribution is 1.91. The second kappa shape index (κ2) is 8.42. The predicted molar refractivity (Wildman–Crippen MR) is 49.4 cm³/mol. The van der Waals surface area contributed by atoms with Crippen molar-refractivity contribution in [2.24, 2.45) is 0 Å². The Balaban J connectivity index is 0. The van der Waals surface area contributed by atoms with E-state index < -0.39 is 5.97 Å². The summed E-state index contributed by atoms with van der Waals surface area (Å²) in [5.41, 5.74) is 0. The molecule has 1 atom stereocenters. The van der Waals surface area contributed by atoms with Crippen LogP contribution in [0.15, 0.2) is 0 Å². The summed E-state index contributed by atoms with van der Waals surface area (Å²) in [4.78, 5) is 9.00. The molecule has 0 heterocycles. The SMILES string of the molecule is CC(=O)O.COC(=S)C(C)OC. The van der Waals surface area contributed by atoms with E-state index in [4.69, 9.17) is 31.6 Å². The van der Waals surface area contributed by atoms with Crippen LogP contribution in [0.2, 0.25) is 0 Å². The van der Waals surface area contributed by atoms with Crippen LogP contribution in [0.5, 0.6) is 0 Å². The first-order chi connectivity index (χ1) is 5.45. The predicted octanol–water partition coefficient (Wildman–Crippen LogP) is 1.09. The highest BCUT2D eigenvalue weighted by Gasteiger charge is 2.04. The number of ether oxygens (including phenoxy) is 2. The standard InChI is InChI=1S/C5H10O2S.C2H4O2/c1-4(6-2)5(8)7-3;1-2(3)4/h4H,1-3H3;1H3,(H,3,4). The summed E-state index contributed by atoms with van der Waals surface area (Å²) >= 11 is 4.73. The molecular weight excluding hydrogens is 180 g/mol. The van der Waals surface area contributed by atoms with Crippen LogP contribution in [0.3, 0.4) is 0 Å². The molecule has 0 amide bonds. The third-order valence-electron chi connectivity index (χ3n) is 0.887. The Kier molecular flexibility index (Phi) is 9.74. The fourth-order valence-electron chi connectivity index (χ4n) is 0.262. The zero-order chi connectivity index (χ0) is 10.1. The zero-order valence-electron chi connectivity index (χ0n) is 7.66. The van der Waals surface area contributed by atoms with Crippen LogP contribution in [0.1, 0.15) is 13.8 Å². The molecule has 0 aromatic rings. The highest BCUT2D eigenvalue weighted by atomic mass is 32.1. The van der Waals surface area contributed by atoms with Crippen molar-refractivity contribution in [3.05, 3.63) is 0 Å². The third kappa shape index (κ3) is 12.0. The van der Waals surface area contributed by atoms with Gasteiger partial charge in [0.05, 0.1) is 7.11 Å². The average molecular weight is 194 g/mol. The average Bonchev–Trinajstić information content (AvgIpc) is 2.00. The Bertz CT molecular complexity index is 142. The first-order valence-electron chi connectivity index (χ1n) is 3.25. The topological polar surface area (TPSA) is 55.8 Å². The number of thiocarbonyl (C=S) groups is 1. The molecule has 0 spiro atoms. The Morgan fingerprint density at radius 1 is 1.50 bits per heavy atom. The van der Waals surface area contributed by atoms with E-state index in [2.05, 4.69) is 0 Å². The molecule has 1 unspecified atom stereocenters. The van der Waals surface area contributed by atoms with Crippen molar-refractivity contribution in [2.45, 2.75) is 20.0 Å². The van der Waals surface area contributed by atoms with E-state index in [1.54, 1.807) is 7.11 Å². The van der Waals surface area contributed by atoms with Gasteiger partial charge < -0.3 is 14.6 Å². The van der Waals surface area contributed by atoms with Gasteiger partial charge in [0.2, 0.25) is 0 Å². The van der Waals surface area contributed by atoms with Crippen LogP contribution in [0.4, 0.5) is 0 Å². The normalized spacial score (nSPS) is 10.7. The summed E-state index contributed by atoms with van der Waals surface area (Å²) in [5, 5.41) is 7.91. The number of rotatable bonds is 2. The van der Waals surface area contributed by atoms with Gasteiger partial charge in [-0.25, -0.2) is 0 Å². The van der Waals surface area contributed by atoms with Crippen LogP contribution in [-0.4, -0.2) is 36.5 Å². The Morgan fingerprint density at radius 3 is 1.92 bits per heavy atom. The van der Waals surface area contributed by atoms with Gasteiger partial charge in [-0.2, -0.15) is 0 Å². The van der Waals surface area contributed by atoms with Gasteiger partial charge in [0.25, 0.3) is 5.97 Å². The van der Waals surface area contributed by atoms with E-state index >= 15 is 0 Å². The molecule has 0 aromatic heterocycles. The van der Waals surface area contributed by atoms with E-state index in [0.717, 1.165) is 6.92 Å². The van der Waals surface area contributed by atoms with Crippen molar-refractivity contribution < 1.29 is 19.4 Å². The van der Waals surface area contributed by atoms with E-state index in [1.165, 1.54) is 7.11 Å². The molecule has 0 aromatic carbocycles. The van der Waals surface area contributed by atoms with Crippen molar-refractivity contribution in [3.63, 3.8) is 0 Å². The fourth-order valence-corrected chi connectivity index (χ4v) is 0.358. The van der Waals surface area contributed by atoms with Crippen LogP contribution in [0.25, 0.3) is 0 Å². The molecule has 0 aliphatic carbocycles. The molecule has 5 heteroatoms. The summed E-state index contributed by atoms with van der Waals surface area (Å²) in [6.45, 7) is 2.92. The van der Waals surface area contributed by atoms with Crippen molar-refractivity contribution >= 4 is 23.2 Å². The number of aliphatic carboxylic acids is 1. The van der Waals surface area contributed by atoms with Crippen molar-refractivity contribution in [3.8, 4) is 0 Å². The van der Waals surface area contributed by atoms with Crippen LogP contribution >= 0.6 is 12.2 Å². The minimum Gasteiger partial charge on any atom is -0.488 e. The largest absolute Gasteiger partial charge is 0.488 e. The smallest absolute Gasteiger partial charge is 0.300 e. The summed E-state index contributed by atoms with van der Waals surface area (Å²) in [5.74, 6) is -0.833. The summed E-state index contributed by atoms with van der Waals surface area (Å²) in [6.07, 6.45) is -0.0741. The second-order valence-corrected chi connectivity index (χ2v) is 2.32. The van der Waals surface area contributed by atoms with Crippen LogP contribution in [0, 0.1) is 0 Å². The van der Waals surface area contributed by atoms with Gasteiger partial charge in [-0.3, -0.25) is 4.79 Å². The number of carboxylic acid groups (broad SMARTS) is 1. The summed E-state index contributed by atoms with van der Waals surface area (Å²) < 4.78 is 9.55. The molecule has 0 bridgehead atoms. The second-order valence-electron chi connectivity index (χ2n) is 1.92. The number of carbonyl (C=O) groups is 1. The quantitative estimate of drug-likeness (QED) is 0.667. The van der Waals surface area contributed by atoms with Gasteiger partial charge in [-0.15, -0.1) is 0 Å². The first kappa shape index (κ1) is 13.9. The van der Waals surface area contributed by atoms with Crippen molar-refractivity contribution in [1.29, 1.82) is 0 Å². The van der Waals surface area contributed by atoms with E-state index in [1.807, 2.05) is 6.92 Å². The maximum absolute atomic E-state index is 9.00. The summed E-state index contributed by atoms with van der Waals surface area (Å²) in [7, 11) is 3.13. The lowest BCUT2D eigenvalue weighted by molar-refractivity contribution is -0.134. The van der Waals surface area contributed by atoms with Gasteiger partial charge in [0.15, 0.2) is 5.05 Å². The Morgan fingerprint density at radius 2 is 1.83 bits per heavy atom. The van der Waals surface area contributed by atoms with Gasteiger partial charge >= 0.3 is 0 Å². The third-order valence-corrected chi connectivity index (χ3v) is 1.39. The van der Waals surface area contributed by atoms with Crippen molar-refractivity contribution in [1.82, 2.24) is 0 Å². The molecule has 1 N–H and O–H groups in total. The molecule has 4 nitrogen and oxygen atoms in total. The highest BCUT2D eigenvalue weighted by molar-refractivity contribution is 7.80. The molecule has 0 fully saturated rings. The molecule has 0 rings (SSSR count). The molecule has 0 saturated heterocycles. The summed E-state index contributed by atoms with van der Waals surface area (Å²) in [6, 6.07) is 0.